The lowest BCUT2D eigenvalue weighted by Gasteiger charge is -1.78. The molecule has 0 atom stereocenters. The lowest BCUT2D eigenvalue weighted by molar-refractivity contribution is -0.133. The van der Waals surface area contributed by atoms with E-state index < -0.39 is 21.8 Å². The summed E-state index contributed by atoms with van der Waals surface area (Å²) in [6, 6.07) is 0. The van der Waals surface area contributed by atoms with Gasteiger partial charge in [-0.3, -0.25) is 14.1 Å². The van der Waals surface area contributed by atoms with Crippen molar-refractivity contribution in [2.24, 2.45) is 0 Å². The first-order chi connectivity index (χ1) is 5.30. The molecular formula is C5H7NO5S. The number of carbonyl (C=O) groups excluding carboxylic acids is 2. The molecule has 1 heterocycles. The van der Waals surface area contributed by atoms with Gasteiger partial charge in [-0.25, -0.2) is 0 Å². The standard InChI is InChI=1S/C4H3NO2.CH4O3S/c6-3-1-2-5-4(3)7;1-5(2,3)4/h1-2H,(H,5,6,7);1H3,(H,2,3,4). The molecule has 6 nitrogen and oxygen atoms in total. The quantitative estimate of drug-likeness (QED) is 0.368. The Kier molecular flexibility index (Phi) is 3.58. The fraction of sp³-hybridized carbons (Fsp3) is 0.200. The van der Waals surface area contributed by atoms with E-state index in [2.05, 4.69) is 5.32 Å². The molecule has 1 rings (SSSR count). The number of ketones is 1. The summed E-state index contributed by atoms with van der Waals surface area (Å²) in [5.74, 6) is -1.01. The lowest BCUT2D eigenvalue weighted by atomic mass is 10.4. The van der Waals surface area contributed by atoms with Crippen molar-refractivity contribution in [2.45, 2.75) is 0 Å². The first-order valence-corrected chi connectivity index (χ1v) is 4.59. The van der Waals surface area contributed by atoms with Crippen LogP contribution in [0.2, 0.25) is 0 Å². The van der Waals surface area contributed by atoms with E-state index in [1.54, 1.807) is 0 Å². The number of amides is 1. The highest BCUT2D eigenvalue weighted by Crippen LogP contribution is 1.83. The van der Waals surface area contributed by atoms with E-state index >= 15 is 0 Å². The maximum absolute atomic E-state index is 10.1. The molecule has 0 aromatic carbocycles. The highest BCUT2D eigenvalue weighted by Gasteiger charge is 2.12. The molecule has 0 unspecified atom stereocenters. The first kappa shape index (κ1) is 10.8. The topological polar surface area (TPSA) is 101 Å². The zero-order valence-electron chi connectivity index (χ0n) is 6.14. The first-order valence-electron chi connectivity index (χ1n) is 2.74. The summed E-state index contributed by atoms with van der Waals surface area (Å²) in [4.78, 5) is 20.1. The van der Waals surface area contributed by atoms with Crippen molar-refractivity contribution in [3.8, 4) is 0 Å². The molecule has 0 saturated carbocycles. The number of carbonyl (C=O) groups is 2. The summed E-state index contributed by atoms with van der Waals surface area (Å²) in [5.41, 5.74) is 0. The van der Waals surface area contributed by atoms with Gasteiger partial charge in [0.15, 0.2) is 0 Å². The van der Waals surface area contributed by atoms with Gasteiger partial charge in [0.2, 0.25) is 5.78 Å². The van der Waals surface area contributed by atoms with Crippen molar-refractivity contribution >= 4 is 21.8 Å². The highest BCUT2D eigenvalue weighted by atomic mass is 32.2. The van der Waals surface area contributed by atoms with Crippen LogP contribution >= 0.6 is 0 Å². The molecule has 0 aliphatic carbocycles. The minimum absolute atomic E-state index is 0.472. The van der Waals surface area contributed by atoms with Crippen LogP contribution in [0.5, 0.6) is 0 Å². The van der Waals surface area contributed by atoms with Gasteiger partial charge in [-0.1, -0.05) is 0 Å². The zero-order valence-corrected chi connectivity index (χ0v) is 6.96. The van der Waals surface area contributed by atoms with Gasteiger partial charge in [0.05, 0.1) is 6.26 Å². The molecule has 12 heavy (non-hydrogen) atoms. The molecule has 7 heteroatoms. The number of nitrogens with one attached hydrogen (secondary N) is 1. The third-order valence-electron chi connectivity index (χ3n) is 0.673. The Labute approximate surface area is 69.0 Å². The maximum atomic E-state index is 10.1. The second-order valence-electron chi connectivity index (χ2n) is 1.90. The zero-order chi connectivity index (χ0) is 9.78. The number of hydrogen-bond donors (Lipinski definition) is 2. The molecule has 1 aliphatic rings. The van der Waals surface area contributed by atoms with E-state index in [1.807, 2.05) is 0 Å². The Balaban J connectivity index is 0.000000217. The van der Waals surface area contributed by atoms with Gasteiger partial charge >= 0.3 is 0 Å². The second kappa shape index (κ2) is 3.98. The molecule has 0 bridgehead atoms. The van der Waals surface area contributed by atoms with Crippen LogP contribution in [0.3, 0.4) is 0 Å². The van der Waals surface area contributed by atoms with E-state index in [0.717, 1.165) is 0 Å². The summed E-state index contributed by atoms with van der Waals surface area (Å²) >= 11 is 0. The average molecular weight is 193 g/mol. The fourth-order valence-corrected chi connectivity index (χ4v) is 0.340. The third-order valence-corrected chi connectivity index (χ3v) is 0.673. The summed E-state index contributed by atoms with van der Waals surface area (Å²) in [5, 5.41) is 2.20. The molecular weight excluding hydrogens is 186 g/mol. The van der Waals surface area contributed by atoms with Crippen molar-refractivity contribution in [1.82, 2.24) is 5.32 Å². The van der Waals surface area contributed by atoms with Crippen molar-refractivity contribution < 1.29 is 22.6 Å². The van der Waals surface area contributed by atoms with Crippen LogP contribution in [0.25, 0.3) is 0 Å². The largest absolute Gasteiger partial charge is 0.326 e. The smallest absolute Gasteiger partial charge is 0.295 e. The average Bonchev–Trinajstić information content (AvgIpc) is 2.12. The predicted octanol–water partition coefficient (Wildman–Crippen LogP) is -1.30. The molecule has 0 aromatic rings. The molecule has 0 spiro atoms. The van der Waals surface area contributed by atoms with E-state index in [9.17, 15) is 18.0 Å². The molecule has 0 aromatic heterocycles. The van der Waals surface area contributed by atoms with Gasteiger partial charge < -0.3 is 5.32 Å². The summed E-state index contributed by atoms with van der Waals surface area (Å²) in [6.45, 7) is 0. The fourth-order valence-electron chi connectivity index (χ4n) is 0.340. The van der Waals surface area contributed by atoms with Crippen molar-refractivity contribution in [3.05, 3.63) is 12.3 Å². The Morgan fingerprint density at radius 2 is 1.83 bits per heavy atom. The van der Waals surface area contributed by atoms with E-state index in [4.69, 9.17) is 4.55 Å². The lowest BCUT2D eigenvalue weighted by Crippen LogP contribution is -2.17. The Morgan fingerprint density at radius 3 is 1.92 bits per heavy atom. The molecule has 2 N–H and O–H groups in total. The van der Waals surface area contributed by atoms with E-state index in [-0.39, 0.29) is 0 Å². The third kappa shape index (κ3) is 6.90. The van der Waals surface area contributed by atoms with Gasteiger partial charge in [0.1, 0.15) is 0 Å². The summed E-state index contributed by atoms with van der Waals surface area (Å²) < 4.78 is 25.9. The minimum atomic E-state index is -3.67. The summed E-state index contributed by atoms with van der Waals surface area (Å²) in [7, 11) is -3.67. The Morgan fingerprint density at radius 1 is 1.42 bits per heavy atom. The van der Waals surface area contributed by atoms with Crippen LogP contribution in [0.1, 0.15) is 0 Å². The summed E-state index contributed by atoms with van der Waals surface area (Å²) in [6.07, 6.45) is 3.24. The van der Waals surface area contributed by atoms with Gasteiger partial charge in [0.25, 0.3) is 16.0 Å². The molecule has 0 radical (unpaired) electrons. The molecule has 1 aliphatic heterocycles. The van der Waals surface area contributed by atoms with Gasteiger partial charge in [-0.2, -0.15) is 8.42 Å². The van der Waals surface area contributed by atoms with Crippen LogP contribution in [-0.2, 0) is 19.7 Å². The van der Waals surface area contributed by atoms with E-state index in [0.29, 0.717) is 6.26 Å². The van der Waals surface area contributed by atoms with Crippen LogP contribution in [0, 0.1) is 0 Å². The molecule has 0 saturated heterocycles. The van der Waals surface area contributed by atoms with Crippen LogP contribution in [-0.4, -0.2) is 30.9 Å². The maximum Gasteiger partial charge on any atom is 0.295 e. The Bertz CT molecular complexity index is 307. The number of hydrogen-bond acceptors (Lipinski definition) is 4. The second-order valence-corrected chi connectivity index (χ2v) is 3.37. The van der Waals surface area contributed by atoms with Crippen molar-refractivity contribution in [3.63, 3.8) is 0 Å². The van der Waals surface area contributed by atoms with Crippen molar-refractivity contribution in [1.29, 1.82) is 0 Å². The molecule has 1 amide bonds. The molecule has 68 valence electrons. The van der Waals surface area contributed by atoms with Gasteiger partial charge in [0, 0.05) is 12.3 Å². The normalized spacial score (nSPS) is 15.2. The monoisotopic (exact) mass is 193 g/mol. The van der Waals surface area contributed by atoms with Gasteiger partial charge in [-0.05, 0) is 0 Å². The number of rotatable bonds is 0. The van der Waals surface area contributed by atoms with Crippen LogP contribution in [0.4, 0.5) is 0 Å². The Hall–Kier alpha value is -1.21. The van der Waals surface area contributed by atoms with Gasteiger partial charge in [-0.15, -0.1) is 0 Å². The van der Waals surface area contributed by atoms with Crippen molar-refractivity contribution in [2.75, 3.05) is 6.26 Å². The minimum Gasteiger partial charge on any atom is -0.326 e. The SMILES string of the molecule is CS(=O)(=O)O.O=C1C=CNC1=O. The highest BCUT2D eigenvalue weighted by molar-refractivity contribution is 7.85. The van der Waals surface area contributed by atoms with Crippen LogP contribution in [0.15, 0.2) is 12.3 Å². The molecule has 0 fully saturated rings. The predicted molar refractivity (Wildman–Crippen MR) is 39.8 cm³/mol. The van der Waals surface area contributed by atoms with E-state index in [1.165, 1.54) is 12.3 Å². The van der Waals surface area contributed by atoms with Crippen LogP contribution < -0.4 is 5.32 Å².